The van der Waals surface area contributed by atoms with Crippen molar-refractivity contribution in [1.29, 1.82) is 0 Å². The van der Waals surface area contributed by atoms with Crippen molar-refractivity contribution in [3.63, 3.8) is 0 Å². The Morgan fingerprint density at radius 1 is 1.73 bits per heavy atom. The quantitative estimate of drug-likeness (QED) is 0.570. The third kappa shape index (κ3) is 2.60. The highest BCUT2D eigenvalue weighted by Gasteiger charge is 1.94. The van der Waals surface area contributed by atoms with Crippen molar-refractivity contribution in [3.05, 3.63) is 18.0 Å². The highest BCUT2D eigenvalue weighted by molar-refractivity contribution is 5.77. The minimum Gasteiger partial charge on any atom is -0.311 e. The van der Waals surface area contributed by atoms with Crippen LogP contribution in [0.15, 0.2) is 28.0 Å². The summed E-state index contributed by atoms with van der Waals surface area (Å²) in [6.45, 7) is 1.42. The maximum Gasteiger partial charge on any atom is 0.222 e. The number of amides is 1. The molecule has 0 spiro atoms. The first-order valence-electron chi connectivity index (χ1n) is 3.08. The SMILES string of the molecule is CC(=O)NC1=CC=C=NC=N1. The summed E-state index contributed by atoms with van der Waals surface area (Å²) < 4.78 is 0. The molecular formula is C7H7N3O. The predicted molar refractivity (Wildman–Crippen MR) is 42.4 cm³/mol. The fourth-order valence-electron chi connectivity index (χ4n) is 0.581. The van der Waals surface area contributed by atoms with Crippen molar-refractivity contribution >= 4 is 18.1 Å². The maximum absolute atomic E-state index is 10.5. The molecule has 0 fully saturated rings. The Morgan fingerprint density at radius 2 is 2.55 bits per heavy atom. The lowest BCUT2D eigenvalue weighted by atomic mass is 10.5. The third-order valence-corrected chi connectivity index (χ3v) is 0.949. The molecule has 1 heterocycles. The number of aliphatic imine (C=N–C) groups is 2. The van der Waals surface area contributed by atoms with Crippen LogP contribution < -0.4 is 5.32 Å². The molecule has 0 aromatic rings. The molecule has 0 bridgehead atoms. The van der Waals surface area contributed by atoms with Gasteiger partial charge < -0.3 is 5.32 Å². The largest absolute Gasteiger partial charge is 0.311 e. The molecule has 0 radical (unpaired) electrons. The highest BCUT2D eigenvalue weighted by Crippen LogP contribution is 1.92. The Labute approximate surface area is 64.0 Å². The molecule has 1 N–H and O–H groups in total. The zero-order valence-corrected chi connectivity index (χ0v) is 6.03. The summed E-state index contributed by atoms with van der Waals surface area (Å²) in [6.07, 6.45) is 4.53. The molecule has 56 valence electrons. The number of hydrogen-bond donors (Lipinski definition) is 1. The van der Waals surface area contributed by atoms with Crippen molar-refractivity contribution in [3.8, 4) is 0 Å². The standard InChI is InChI=1S/C7H7N3O/c1-6(11)10-7-3-2-4-8-5-9-7/h2-3,5H,1H3,(H,10,11). The number of hydrogen-bond acceptors (Lipinski definition) is 3. The summed E-state index contributed by atoms with van der Waals surface area (Å²) in [7, 11) is 0. The van der Waals surface area contributed by atoms with Gasteiger partial charge in [0.15, 0.2) is 0 Å². The molecule has 4 heteroatoms. The monoisotopic (exact) mass is 149 g/mol. The van der Waals surface area contributed by atoms with Crippen LogP contribution in [0.4, 0.5) is 0 Å². The van der Waals surface area contributed by atoms with E-state index in [4.69, 9.17) is 0 Å². The molecule has 0 aromatic carbocycles. The van der Waals surface area contributed by atoms with Crippen molar-refractivity contribution in [2.75, 3.05) is 0 Å². The van der Waals surface area contributed by atoms with Crippen LogP contribution in [0, 0.1) is 0 Å². The van der Waals surface area contributed by atoms with Gasteiger partial charge in [-0.2, -0.15) is 4.99 Å². The van der Waals surface area contributed by atoms with Gasteiger partial charge in [-0.15, -0.1) is 0 Å². The Bertz CT molecular complexity index is 282. The van der Waals surface area contributed by atoms with Gasteiger partial charge in [-0.3, -0.25) is 4.79 Å². The van der Waals surface area contributed by atoms with Gasteiger partial charge in [0.1, 0.15) is 12.2 Å². The Balaban J connectivity index is 2.68. The van der Waals surface area contributed by atoms with Crippen LogP contribution >= 0.6 is 0 Å². The van der Waals surface area contributed by atoms with E-state index in [0.29, 0.717) is 5.82 Å². The summed E-state index contributed by atoms with van der Waals surface area (Å²) in [6, 6.07) is 0. The Morgan fingerprint density at radius 3 is 3.27 bits per heavy atom. The Hall–Kier alpha value is -1.67. The van der Waals surface area contributed by atoms with E-state index in [1.165, 1.54) is 13.3 Å². The molecule has 0 unspecified atom stereocenters. The molecule has 11 heavy (non-hydrogen) atoms. The minimum atomic E-state index is -0.149. The number of allylic oxidation sites excluding steroid dienone is 2. The van der Waals surface area contributed by atoms with E-state index in [1.807, 2.05) is 0 Å². The maximum atomic E-state index is 10.5. The number of carbonyl (C=O) groups excluding carboxylic acids is 1. The number of rotatable bonds is 1. The molecule has 1 aliphatic heterocycles. The van der Waals surface area contributed by atoms with Crippen LogP contribution in [-0.4, -0.2) is 18.1 Å². The predicted octanol–water partition coefficient (Wildman–Crippen LogP) is 0.232. The van der Waals surface area contributed by atoms with Gasteiger partial charge in [0.25, 0.3) is 0 Å². The van der Waals surface area contributed by atoms with Crippen LogP contribution in [-0.2, 0) is 4.79 Å². The fourth-order valence-corrected chi connectivity index (χ4v) is 0.581. The molecule has 1 aliphatic rings. The van der Waals surface area contributed by atoms with E-state index < -0.39 is 0 Å². The van der Waals surface area contributed by atoms with Crippen LogP contribution in [0.5, 0.6) is 0 Å². The second kappa shape index (κ2) is 3.49. The number of carbonyl (C=O) groups is 1. The number of nitrogens with zero attached hydrogens (tertiary/aromatic N) is 2. The average Bonchev–Trinajstić information content (AvgIpc) is 2.14. The van der Waals surface area contributed by atoms with Crippen LogP contribution in [0.25, 0.3) is 0 Å². The lowest BCUT2D eigenvalue weighted by molar-refractivity contribution is -0.118. The summed E-state index contributed by atoms with van der Waals surface area (Å²) in [5.74, 6) is 2.90. The van der Waals surface area contributed by atoms with Crippen LogP contribution in [0.1, 0.15) is 6.92 Å². The van der Waals surface area contributed by atoms with Crippen molar-refractivity contribution in [1.82, 2.24) is 5.32 Å². The van der Waals surface area contributed by atoms with Gasteiger partial charge in [0.05, 0.1) is 0 Å². The second-order valence-electron chi connectivity index (χ2n) is 1.90. The zero-order chi connectivity index (χ0) is 8.10. The smallest absolute Gasteiger partial charge is 0.222 e. The molecular weight excluding hydrogens is 142 g/mol. The van der Waals surface area contributed by atoms with Crippen LogP contribution in [0.2, 0.25) is 0 Å². The molecule has 0 aromatic heterocycles. The average molecular weight is 149 g/mol. The van der Waals surface area contributed by atoms with Crippen molar-refractivity contribution in [2.24, 2.45) is 9.98 Å². The summed E-state index contributed by atoms with van der Waals surface area (Å²) in [4.78, 5) is 18.0. The topological polar surface area (TPSA) is 53.8 Å². The van der Waals surface area contributed by atoms with E-state index in [2.05, 4.69) is 21.2 Å². The lowest BCUT2D eigenvalue weighted by Gasteiger charge is -1.97. The summed E-state index contributed by atoms with van der Waals surface area (Å²) >= 11 is 0. The minimum absolute atomic E-state index is 0.149. The zero-order valence-electron chi connectivity index (χ0n) is 6.03. The van der Waals surface area contributed by atoms with Gasteiger partial charge >= 0.3 is 0 Å². The first-order chi connectivity index (χ1) is 5.29. The molecule has 1 amide bonds. The van der Waals surface area contributed by atoms with E-state index >= 15 is 0 Å². The molecule has 0 saturated heterocycles. The molecule has 1 rings (SSSR count). The highest BCUT2D eigenvalue weighted by atomic mass is 16.1. The van der Waals surface area contributed by atoms with E-state index in [-0.39, 0.29) is 5.91 Å². The van der Waals surface area contributed by atoms with E-state index in [1.54, 1.807) is 12.2 Å². The lowest BCUT2D eigenvalue weighted by Crippen LogP contribution is -2.17. The third-order valence-electron chi connectivity index (χ3n) is 0.949. The van der Waals surface area contributed by atoms with Crippen molar-refractivity contribution < 1.29 is 4.79 Å². The molecule has 0 saturated carbocycles. The first-order valence-corrected chi connectivity index (χ1v) is 3.08. The second-order valence-corrected chi connectivity index (χ2v) is 1.90. The molecule has 4 nitrogen and oxygen atoms in total. The first kappa shape index (κ1) is 7.44. The van der Waals surface area contributed by atoms with Gasteiger partial charge in [-0.05, 0) is 11.9 Å². The van der Waals surface area contributed by atoms with Gasteiger partial charge in [-0.1, -0.05) is 0 Å². The fraction of sp³-hybridized carbons (Fsp3) is 0.143. The Kier molecular flexibility index (Phi) is 2.36. The molecule has 0 aliphatic carbocycles. The summed E-state index contributed by atoms with van der Waals surface area (Å²) in [5, 5.41) is 2.51. The van der Waals surface area contributed by atoms with E-state index in [0.717, 1.165) is 0 Å². The molecule has 0 atom stereocenters. The van der Waals surface area contributed by atoms with Crippen LogP contribution in [0.3, 0.4) is 0 Å². The van der Waals surface area contributed by atoms with Crippen molar-refractivity contribution in [2.45, 2.75) is 6.92 Å². The normalized spacial score (nSPS) is 14.1. The van der Waals surface area contributed by atoms with E-state index in [9.17, 15) is 4.79 Å². The summed E-state index contributed by atoms with van der Waals surface area (Å²) in [5.41, 5.74) is 0. The van der Waals surface area contributed by atoms with Gasteiger partial charge in [-0.25, -0.2) is 4.99 Å². The number of nitrogens with one attached hydrogen (secondary N) is 1. The van der Waals surface area contributed by atoms with Gasteiger partial charge in [0, 0.05) is 13.0 Å². The van der Waals surface area contributed by atoms with Gasteiger partial charge in [0.2, 0.25) is 5.91 Å².